The zero-order chi connectivity index (χ0) is 19.1. The number of esters is 1. The van der Waals surface area contributed by atoms with Gasteiger partial charge in [-0.15, -0.1) is 11.8 Å². The monoisotopic (exact) mass is 378 g/mol. The highest BCUT2D eigenvalue weighted by Crippen LogP contribution is 2.24. The lowest BCUT2D eigenvalue weighted by Gasteiger charge is -2.13. The fourth-order valence-corrected chi connectivity index (χ4v) is 2.68. The Bertz CT molecular complexity index is 830. The highest BCUT2D eigenvalue weighted by Gasteiger charge is 2.21. The van der Waals surface area contributed by atoms with E-state index in [1.165, 1.54) is 49.4 Å². The lowest BCUT2D eigenvalue weighted by Crippen LogP contribution is -2.30. The SMILES string of the molecule is C[C@@H](OC(=O)CSc1ccccc1F)C(=O)Nc1ccccc1[N+](=O)[O-]. The number of rotatable bonds is 7. The van der Waals surface area contributed by atoms with Crippen molar-refractivity contribution in [2.24, 2.45) is 0 Å². The first-order chi connectivity index (χ1) is 12.4. The first-order valence-corrected chi connectivity index (χ1v) is 8.48. The zero-order valence-electron chi connectivity index (χ0n) is 13.7. The van der Waals surface area contributed by atoms with E-state index < -0.39 is 28.7 Å². The van der Waals surface area contributed by atoms with E-state index in [4.69, 9.17) is 4.74 Å². The molecule has 0 unspecified atom stereocenters. The fraction of sp³-hybridized carbons (Fsp3) is 0.176. The number of para-hydroxylation sites is 2. The van der Waals surface area contributed by atoms with Crippen molar-refractivity contribution in [2.45, 2.75) is 17.9 Å². The van der Waals surface area contributed by atoms with Crippen LogP contribution in [0.4, 0.5) is 15.8 Å². The first kappa shape index (κ1) is 19.4. The Hall–Kier alpha value is -2.94. The summed E-state index contributed by atoms with van der Waals surface area (Å²) in [7, 11) is 0. The molecule has 2 rings (SSSR count). The van der Waals surface area contributed by atoms with Gasteiger partial charge in [0.05, 0.1) is 10.7 Å². The number of nitrogens with zero attached hydrogens (tertiary/aromatic N) is 1. The van der Waals surface area contributed by atoms with Crippen molar-refractivity contribution in [3.8, 4) is 0 Å². The van der Waals surface area contributed by atoms with Crippen molar-refractivity contribution in [1.82, 2.24) is 0 Å². The maximum absolute atomic E-state index is 13.5. The van der Waals surface area contributed by atoms with Gasteiger partial charge in [0, 0.05) is 11.0 Å². The molecule has 136 valence electrons. The Labute approximate surface area is 152 Å². The van der Waals surface area contributed by atoms with Gasteiger partial charge in [0.2, 0.25) is 0 Å². The molecule has 26 heavy (non-hydrogen) atoms. The number of amides is 1. The van der Waals surface area contributed by atoms with Crippen LogP contribution in [0.3, 0.4) is 0 Å². The van der Waals surface area contributed by atoms with Gasteiger partial charge < -0.3 is 10.1 Å². The predicted molar refractivity (Wildman–Crippen MR) is 94.4 cm³/mol. The van der Waals surface area contributed by atoms with E-state index in [-0.39, 0.29) is 17.1 Å². The average molecular weight is 378 g/mol. The highest BCUT2D eigenvalue weighted by molar-refractivity contribution is 8.00. The van der Waals surface area contributed by atoms with Crippen LogP contribution in [0.15, 0.2) is 53.4 Å². The van der Waals surface area contributed by atoms with Gasteiger partial charge >= 0.3 is 5.97 Å². The number of anilines is 1. The number of benzene rings is 2. The van der Waals surface area contributed by atoms with Crippen LogP contribution in [-0.4, -0.2) is 28.7 Å². The molecule has 1 amide bonds. The maximum Gasteiger partial charge on any atom is 0.317 e. The van der Waals surface area contributed by atoms with Crippen LogP contribution in [0.1, 0.15) is 6.92 Å². The minimum atomic E-state index is -1.16. The van der Waals surface area contributed by atoms with Crippen molar-refractivity contribution < 1.29 is 23.6 Å². The molecule has 2 aromatic rings. The molecule has 0 heterocycles. The second-order valence-corrected chi connectivity index (χ2v) is 6.13. The summed E-state index contributed by atoms with van der Waals surface area (Å²) in [5.74, 6) is -2.04. The van der Waals surface area contributed by atoms with Crippen LogP contribution in [0.5, 0.6) is 0 Å². The molecule has 0 saturated heterocycles. The molecular weight excluding hydrogens is 363 g/mol. The van der Waals surface area contributed by atoms with Crippen LogP contribution in [0, 0.1) is 15.9 Å². The number of nitro benzene ring substituents is 1. The van der Waals surface area contributed by atoms with Crippen molar-refractivity contribution in [3.63, 3.8) is 0 Å². The molecule has 0 spiro atoms. The summed E-state index contributed by atoms with van der Waals surface area (Å²) in [5.41, 5.74) is -0.263. The third-order valence-corrected chi connectivity index (χ3v) is 4.24. The minimum absolute atomic E-state index is 0.00568. The molecule has 0 saturated carbocycles. The van der Waals surface area contributed by atoms with E-state index >= 15 is 0 Å². The Morgan fingerprint density at radius 1 is 1.23 bits per heavy atom. The molecule has 0 bridgehead atoms. The van der Waals surface area contributed by atoms with Gasteiger partial charge in [-0.25, -0.2) is 4.39 Å². The molecule has 1 N–H and O–H groups in total. The van der Waals surface area contributed by atoms with E-state index in [2.05, 4.69) is 5.32 Å². The summed E-state index contributed by atoms with van der Waals surface area (Å²) in [6.07, 6.45) is -1.16. The summed E-state index contributed by atoms with van der Waals surface area (Å²) in [6.45, 7) is 1.34. The van der Waals surface area contributed by atoms with E-state index in [1.54, 1.807) is 6.07 Å². The standard InChI is InChI=1S/C17H15FN2O5S/c1-11(17(22)19-13-7-3-4-8-14(13)20(23)24)25-16(21)10-26-15-9-5-2-6-12(15)18/h2-9,11H,10H2,1H3,(H,19,22)/t11-/m1/s1. The van der Waals surface area contributed by atoms with Crippen LogP contribution in [0.2, 0.25) is 0 Å². The van der Waals surface area contributed by atoms with Gasteiger partial charge in [0.25, 0.3) is 11.6 Å². The Kier molecular flexibility index (Phi) is 6.67. The van der Waals surface area contributed by atoms with Crippen LogP contribution in [0.25, 0.3) is 0 Å². The molecular formula is C17H15FN2O5S. The number of hydrogen-bond donors (Lipinski definition) is 1. The number of thioether (sulfide) groups is 1. The van der Waals surface area contributed by atoms with Crippen molar-refractivity contribution in [2.75, 3.05) is 11.1 Å². The predicted octanol–water partition coefficient (Wildman–Crippen LogP) is 3.40. The van der Waals surface area contributed by atoms with E-state index in [0.717, 1.165) is 11.8 Å². The van der Waals surface area contributed by atoms with Gasteiger partial charge in [0.15, 0.2) is 6.10 Å². The van der Waals surface area contributed by atoms with Gasteiger partial charge in [-0.1, -0.05) is 24.3 Å². The van der Waals surface area contributed by atoms with Crippen molar-refractivity contribution in [1.29, 1.82) is 0 Å². The summed E-state index contributed by atoms with van der Waals surface area (Å²) < 4.78 is 18.5. The van der Waals surface area contributed by atoms with E-state index in [1.807, 2.05) is 0 Å². The number of hydrogen-bond acceptors (Lipinski definition) is 6. The minimum Gasteiger partial charge on any atom is -0.452 e. The maximum atomic E-state index is 13.5. The molecule has 1 atom stereocenters. The molecule has 0 fully saturated rings. The number of nitro groups is 1. The van der Waals surface area contributed by atoms with Gasteiger partial charge in [0.1, 0.15) is 11.5 Å². The van der Waals surface area contributed by atoms with Crippen LogP contribution >= 0.6 is 11.8 Å². The Morgan fingerprint density at radius 3 is 2.58 bits per heavy atom. The van der Waals surface area contributed by atoms with Gasteiger partial charge in [-0.3, -0.25) is 19.7 Å². The largest absolute Gasteiger partial charge is 0.452 e. The molecule has 2 aromatic carbocycles. The highest BCUT2D eigenvalue weighted by atomic mass is 32.2. The molecule has 0 aromatic heterocycles. The second kappa shape index (κ2) is 8.95. The fourth-order valence-electron chi connectivity index (χ4n) is 1.96. The number of halogens is 1. The lowest BCUT2D eigenvalue weighted by atomic mass is 10.2. The summed E-state index contributed by atoms with van der Waals surface area (Å²) in [4.78, 5) is 34.5. The number of ether oxygens (including phenoxy) is 1. The van der Waals surface area contributed by atoms with Crippen molar-refractivity contribution >= 4 is 35.0 Å². The Balaban J connectivity index is 1.90. The third kappa shape index (κ3) is 5.28. The third-order valence-electron chi connectivity index (χ3n) is 3.22. The molecule has 9 heteroatoms. The molecule has 0 aliphatic rings. The van der Waals surface area contributed by atoms with E-state index in [9.17, 15) is 24.1 Å². The molecule has 0 radical (unpaired) electrons. The van der Waals surface area contributed by atoms with Crippen molar-refractivity contribution in [3.05, 3.63) is 64.5 Å². The van der Waals surface area contributed by atoms with Crippen LogP contribution in [-0.2, 0) is 14.3 Å². The van der Waals surface area contributed by atoms with Gasteiger partial charge in [-0.05, 0) is 25.1 Å². The summed E-state index contributed by atoms with van der Waals surface area (Å²) in [5, 5.41) is 13.3. The summed E-state index contributed by atoms with van der Waals surface area (Å²) in [6, 6.07) is 11.6. The smallest absolute Gasteiger partial charge is 0.317 e. The summed E-state index contributed by atoms with van der Waals surface area (Å²) >= 11 is 0.949. The number of carbonyl (C=O) groups excluding carboxylic acids is 2. The quantitative estimate of drug-likeness (QED) is 0.343. The van der Waals surface area contributed by atoms with Gasteiger partial charge in [-0.2, -0.15) is 0 Å². The number of carbonyl (C=O) groups is 2. The average Bonchev–Trinajstić information content (AvgIpc) is 2.61. The normalized spacial score (nSPS) is 11.5. The number of nitrogens with one attached hydrogen (secondary N) is 1. The molecule has 0 aliphatic heterocycles. The van der Waals surface area contributed by atoms with Crippen LogP contribution < -0.4 is 5.32 Å². The topological polar surface area (TPSA) is 98.5 Å². The van der Waals surface area contributed by atoms with E-state index in [0.29, 0.717) is 4.90 Å². The first-order valence-electron chi connectivity index (χ1n) is 7.49. The Morgan fingerprint density at radius 2 is 1.88 bits per heavy atom. The second-order valence-electron chi connectivity index (χ2n) is 5.11. The molecule has 0 aliphatic carbocycles. The molecule has 7 nitrogen and oxygen atoms in total. The zero-order valence-corrected chi connectivity index (χ0v) is 14.5. The lowest BCUT2D eigenvalue weighted by molar-refractivity contribution is -0.383.